The third-order valence-electron chi connectivity index (χ3n) is 13.0. The van der Waals surface area contributed by atoms with Gasteiger partial charge in [0.2, 0.25) is 0 Å². The Kier molecular flexibility index (Phi) is 10.3. The summed E-state index contributed by atoms with van der Waals surface area (Å²) in [5.41, 5.74) is 16.7. The zero-order valence-corrected chi connectivity index (χ0v) is 38.6. The average Bonchev–Trinajstić information content (AvgIpc) is 3.69. The number of hydrogen-bond donors (Lipinski definition) is 1. The van der Waals surface area contributed by atoms with Crippen LogP contribution >= 0.6 is 0 Å². The highest BCUT2D eigenvalue weighted by Gasteiger charge is 2.25. The first-order chi connectivity index (χ1) is 31.2. The average molecular weight is 846 g/mol. The van der Waals surface area contributed by atoms with Gasteiger partial charge in [0, 0.05) is 28.4 Å². The van der Waals surface area contributed by atoms with Crippen LogP contribution in [0.3, 0.4) is 0 Å². The molecule has 0 unspecified atom stereocenters. The van der Waals surface area contributed by atoms with Crippen molar-refractivity contribution in [2.45, 2.75) is 72.1 Å². The normalized spacial score (nSPS) is 12.2. The van der Waals surface area contributed by atoms with E-state index in [-0.39, 0.29) is 16.6 Å². The van der Waals surface area contributed by atoms with Crippen LogP contribution in [-0.2, 0) is 10.8 Å². The van der Waals surface area contributed by atoms with Crippen LogP contribution in [0.5, 0.6) is 5.75 Å². The van der Waals surface area contributed by atoms with Gasteiger partial charge in [0.25, 0.3) is 0 Å². The molecule has 1 N–H and O–H groups in total. The van der Waals surface area contributed by atoms with Crippen molar-refractivity contribution in [2.75, 3.05) is 0 Å². The second-order valence-electron chi connectivity index (χ2n) is 19.9. The molecule has 8 aromatic carbocycles. The third-order valence-corrected chi connectivity index (χ3v) is 13.0. The SMILES string of the molecule is CC(C)c1cc(-c2cccc(-c3cc(-c4ccc5ccccc5c4)cc4c3nc(-c3cc(C(C)(C)C)ccc3O)n4-c3ccc(C(C)(C)C)cc3)c2)c2nccc(-c3ccccc3)c2c1. The number of nitrogens with zero attached hydrogens (tertiary/aromatic N) is 3. The maximum absolute atomic E-state index is 11.8. The van der Waals surface area contributed by atoms with Crippen LogP contribution in [-0.4, -0.2) is 19.6 Å². The zero-order valence-electron chi connectivity index (χ0n) is 38.6. The molecule has 10 rings (SSSR count). The van der Waals surface area contributed by atoms with Crippen LogP contribution < -0.4 is 0 Å². The fourth-order valence-corrected chi connectivity index (χ4v) is 9.22. The molecule has 0 saturated heterocycles. The van der Waals surface area contributed by atoms with Crippen LogP contribution in [0.2, 0.25) is 0 Å². The summed E-state index contributed by atoms with van der Waals surface area (Å²) < 4.78 is 2.25. The Morgan fingerprint density at radius 1 is 0.477 bits per heavy atom. The summed E-state index contributed by atoms with van der Waals surface area (Å²) in [7, 11) is 0. The highest BCUT2D eigenvalue weighted by molar-refractivity contribution is 6.04. The van der Waals surface area contributed by atoms with Crippen LogP contribution in [0.4, 0.5) is 0 Å². The molecule has 2 aromatic heterocycles. The smallest absolute Gasteiger partial charge is 0.149 e. The van der Waals surface area contributed by atoms with Crippen LogP contribution in [0.1, 0.15) is 78.0 Å². The van der Waals surface area contributed by atoms with Crippen molar-refractivity contribution in [1.29, 1.82) is 0 Å². The van der Waals surface area contributed by atoms with Crippen molar-refractivity contribution in [1.82, 2.24) is 14.5 Å². The molecule has 0 bridgehead atoms. The topological polar surface area (TPSA) is 50.9 Å². The monoisotopic (exact) mass is 845 g/mol. The Morgan fingerprint density at radius 3 is 1.85 bits per heavy atom. The highest BCUT2D eigenvalue weighted by Crippen LogP contribution is 2.44. The maximum Gasteiger partial charge on any atom is 0.149 e. The molecule has 10 aromatic rings. The lowest BCUT2D eigenvalue weighted by atomic mass is 9.86. The van der Waals surface area contributed by atoms with E-state index in [1.165, 1.54) is 33.0 Å². The zero-order chi connectivity index (χ0) is 45.2. The molecule has 65 heavy (non-hydrogen) atoms. The summed E-state index contributed by atoms with van der Waals surface area (Å²) in [5.74, 6) is 1.20. The van der Waals surface area contributed by atoms with Gasteiger partial charge in [0.15, 0.2) is 0 Å². The quantitative estimate of drug-likeness (QED) is 0.174. The molecule has 0 atom stereocenters. The third kappa shape index (κ3) is 7.78. The molecule has 4 nitrogen and oxygen atoms in total. The fraction of sp³-hybridized carbons (Fsp3) is 0.180. The minimum Gasteiger partial charge on any atom is -0.507 e. The summed E-state index contributed by atoms with van der Waals surface area (Å²) in [6.45, 7) is 17.9. The van der Waals surface area contributed by atoms with Crippen molar-refractivity contribution >= 4 is 32.7 Å². The number of phenolic OH excluding ortho intramolecular Hbond substituents is 1. The molecule has 0 aliphatic rings. The number of aromatic nitrogens is 3. The number of aromatic hydroxyl groups is 1. The van der Waals surface area contributed by atoms with Gasteiger partial charge < -0.3 is 5.11 Å². The number of fused-ring (bicyclic) bond motifs is 3. The number of benzene rings is 8. The van der Waals surface area contributed by atoms with E-state index < -0.39 is 0 Å². The molecule has 0 spiro atoms. The van der Waals surface area contributed by atoms with E-state index in [1.54, 1.807) is 0 Å². The minimum atomic E-state index is -0.143. The Balaban J connectivity index is 1.27. The second kappa shape index (κ2) is 16.0. The van der Waals surface area contributed by atoms with Gasteiger partial charge in [-0.15, -0.1) is 0 Å². The molecule has 0 amide bonds. The molecule has 0 saturated carbocycles. The molecular formula is C61H55N3O. The summed E-state index contributed by atoms with van der Waals surface area (Å²) in [6.07, 6.45) is 1.94. The number of imidazole rings is 1. The number of pyridine rings is 1. The number of rotatable bonds is 7. The first kappa shape index (κ1) is 41.7. The van der Waals surface area contributed by atoms with Crippen LogP contribution in [0.25, 0.3) is 94.3 Å². The van der Waals surface area contributed by atoms with Gasteiger partial charge in [-0.3, -0.25) is 9.55 Å². The summed E-state index contributed by atoms with van der Waals surface area (Å²) in [4.78, 5) is 10.7. The number of phenols is 1. The minimum absolute atomic E-state index is 0.0161. The van der Waals surface area contributed by atoms with Gasteiger partial charge in [0.1, 0.15) is 11.6 Å². The van der Waals surface area contributed by atoms with Gasteiger partial charge >= 0.3 is 0 Å². The molecule has 2 heterocycles. The molecular weight excluding hydrogens is 791 g/mol. The van der Waals surface area contributed by atoms with Crippen molar-refractivity contribution in [3.63, 3.8) is 0 Å². The maximum atomic E-state index is 11.8. The summed E-state index contributed by atoms with van der Waals surface area (Å²) in [5, 5.41) is 15.3. The van der Waals surface area contributed by atoms with E-state index in [0.717, 1.165) is 66.6 Å². The molecule has 320 valence electrons. The molecule has 0 aliphatic heterocycles. The van der Waals surface area contributed by atoms with Gasteiger partial charge in [-0.1, -0.05) is 159 Å². The van der Waals surface area contributed by atoms with E-state index in [9.17, 15) is 5.11 Å². The van der Waals surface area contributed by atoms with Gasteiger partial charge in [-0.05, 0) is 144 Å². The van der Waals surface area contributed by atoms with Crippen molar-refractivity contribution in [3.05, 3.63) is 193 Å². The van der Waals surface area contributed by atoms with Crippen molar-refractivity contribution in [3.8, 4) is 67.3 Å². The van der Waals surface area contributed by atoms with E-state index in [4.69, 9.17) is 9.97 Å². The molecule has 0 fully saturated rings. The van der Waals surface area contributed by atoms with Crippen molar-refractivity contribution in [2.24, 2.45) is 0 Å². The predicted molar refractivity (Wildman–Crippen MR) is 274 cm³/mol. The fourth-order valence-electron chi connectivity index (χ4n) is 9.22. The van der Waals surface area contributed by atoms with Gasteiger partial charge in [-0.25, -0.2) is 4.98 Å². The van der Waals surface area contributed by atoms with E-state index >= 15 is 0 Å². The van der Waals surface area contributed by atoms with E-state index in [2.05, 4.69) is 218 Å². The largest absolute Gasteiger partial charge is 0.507 e. The Labute approximate surface area is 382 Å². The Bertz CT molecular complexity index is 3420. The van der Waals surface area contributed by atoms with Gasteiger partial charge in [-0.2, -0.15) is 0 Å². The first-order valence-electron chi connectivity index (χ1n) is 22.8. The Hall–Kier alpha value is -7.30. The van der Waals surface area contributed by atoms with Crippen molar-refractivity contribution < 1.29 is 5.11 Å². The summed E-state index contributed by atoms with van der Waals surface area (Å²) in [6, 6.07) is 60.9. The van der Waals surface area contributed by atoms with E-state index in [1.807, 2.05) is 18.3 Å². The second-order valence-corrected chi connectivity index (χ2v) is 19.9. The van der Waals surface area contributed by atoms with E-state index in [0.29, 0.717) is 17.3 Å². The predicted octanol–water partition coefficient (Wildman–Crippen LogP) is 16.5. The highest BCUT2D eigenvalue weighted by atomic mass is 16.3. The number of hydrogen-bond acceptors (Lipinski definition) is 3. The lowest BCUT2D eigenvalue weighted by Gasteiger charge is -2.21. The summed E-state index contributed by atoms with van der Waals surface area (Å²) >= 11 is 0. The molecule has 0 aliphatic carbocycles. The lowest BCUT2D eigenvalue weighted by Crippen LogP contribution is -2.11. The van der Waals surface area contributed by atoms with Crippen LogP contribution in [0, 0.1) is 0 Å². The lowest BCUT2D eigenvalue weighted by molar-refractivity contribution is 0.475. The molecule has 0 radical (unpaired) electrons. The first-order valence-corrected chi connectivity index (χ1v) is 22.8. The molecule has 4 heteroatoms. The van der Waals surface area contributed by atoms with Gasteiger partial charge in [0.05, 0.1) is 22.1 Å². The Morgan fingerprint density at radius 2 is 1.14 bits per heavy atom. The van der Waals surface area contributed by atoms with Crippen LogP contribution in [0.15, 0.2) is 176 Å². The standard InChI is InChI=1S/C61H55N3O/c1-38(2)45-33-51(57-53(34-45)50(29-30-62-57)40-16-10-9-11-17-40)43-19-14-20-44(32-43)52-35-46(42-22-21-39-15-12-13-18-41(39)31-42)36-55-58(52)63-59(54-37-48(61(6,7)8)25-28-56(54)65)64(55)49-26-23-47(24-27-49)60(3,4)5/h9-38,65H,1-8H3.